The van der Waals surface area contributed by atoms with E-state index < -0.39 is 5.41 Å². The van der Waals surface area contributed by atoms with Crippen LogP contribution in [-0.2, 0) is 19.1 Å². The molecule has 2 aliphatic rings. The van der Waals surface area contributed by atoms with Gasteiger partial charge in [-0.1, -0.05) is 31.1 Å². The van der Waals surface area contributed by atoms with Crippen LogP contribution in [-0.4, -0.2) is 26.2 Å². The second-order valence-corrected chi connectivity index (χ2v) is 8.57. The summed E-state index contributed by atoms with van der Waals surface area (Å²) in [6, 6.07) is 0. The second kappa shape index (κ2) is 7.98. The van der Waals surface area contributed by atoms with Gasteiger partial charge in [-0.05, 0) is 69.6 Å². The molecule has 0 aliphatic heterocycles. The van der Waals surface area contributed by atoms with Crippen LogP contribution < -0.4 is 0 Å². The minimum absolute atomic E-state index is 0.0455. The van der Waals surface area contributed by atoms with Crippen molar-refractivity contribution in [2.75, 3.05) is 14.2 Å². The van der Waals surface area contributed by atoms with Crippen molar-refractivity contribution in [2.24, 2.45) is 22.7 Å². The van der Waals surface area contributed by atoms with Crippen LogP contribution in [0.25, 0.3) is 0 Å². The Morgan fingerprint density at radius 3 is 2.54 bits per heavy atom. The van der Waals surface area contributed by atoms with E-state index in [1.165, 1.54) is 19.8 Å². The zero-order valence-electron chi connectivity index (χ0n) is 17.2. The second-order valence-electron chi connectivity index (χ2n) is 8.57. The van der Waals surface area contributed by atoms with Crippen LogP contribution in [0.5, 0.6) is 0 Å². The van der Waals surface area contributed by atoms with Crippen molar-refractivity contribution in [3.05, 3.63) is 23.3 Å². The summed E-state index contributed by atoms with van der Waals surface area (Å²) in [4.78, 5) is 24.0. The molecule has 2 aliphatic carbocycles. The van der Waals surface area contributed by atoms with Gasteiger partial charge in [0.2, 0.25) is 0 Å². The Kier molecular flexibility index (Phi) is 6.36. The number of ether oxygens (including phenoxy) is 2. The smallest absolute Gasteiger partial charge is 0.330 e. The van der Waals surface area contributed by atoms with Gasteiger partial charge in [0.25, 0.3) is 0 Å². The Bertz CT molecular complexity index is 618. The maximum atomic E-state index is 12.5. The number of methoxy groups -OCH3 is 2. The average Bonchev–Trinajstić information content (AvgIpc) is 2.62. The van der Waals surface area contributed by atoms with E-state index >= 15 is 0 Å². The first-order chi connectivity index (χ1) is 12.2. The number of fused-ring (bicyclic) bond motifs is 1. The van der Waals surface area contributed by atoms with Gasteiger partial charge in [-0.25, -0.2) is 4.79 Å². The highest BCUT2D eigenvalue weighted by Crippen LogP contribution is 2.58. The van der Waals surface area contributed by atoms with E-state index in [1.54, 1.807) is 6.08 Å². The van der Waals surface area contributed by atoms with Gasteiger partial charge in [0, 0.05) is 6.08 Å². The van der Waals surface area contributed by atoms with E-state index in [0.717, 1.165) is 44.1 Å². The van der Waals surface area contributed by atoms with E-state index in [4.69, 9.17) is 9.47 Å². The molecule has 0 saturated heterocycles. The molecule has 0 spiro atoms. The molecule has 0 aromatic rings. The molecule has 4 nitrogen and oxygen atoms in total. The summed E-state index contributed by atoms with van der Waals surface area (Å²) in [7, 11) is 2.90. The predicted molar refractivity (Wildman–Crippen MR) is 102 cm³/mol. The molecule has 0 bridgehead atoms. The Labute approximate surface area is 158 Å². The van der Waals surface area contributed by atoms with Crippen LogP contribution in [0.3, 0.4) is 0 Å². The zero-order valence-corrected chi connectivity index (χ0v) is 17.2. The van der Waals surface area contributed by atoms with E-state index in [2.05, 4.69) is 26.8 Å². The maximum absolute atomic E-state index is 12.5. The van der Waals surface area contributed by atoms with Crippen molar-refractivity contribution < 1.29 is 19.1 Å². The molecule has 0 radical (unpaired) electrons. The molecule has 0 aromatic heterocycles. The van der Waals surface area contributed by atoms with E-state index in [9.17, 15) is 9.59 Å². The lowest BCUT2D eigenvalue weighted by molar-refractivity contribution is -0.156. The van der Waals surface area contributed by atoms with Gasteiger partial charge >= 0.3 is 11.9 Å². The van der Waals surface area contributed by atoms with E-state index in [0.29, 0.717) is 5.92 Å². The molecule has 0 heterocycles. The summed E-state index contributed by atoms with van der Waals surface area (Å²) in [6.07, 6.45) is 9.75. The molecule has 0 aromatic carbocycles. The number of carbonyl (C=O) groups is 2. The number of esters is 2. The Morgan fingerprint density at radius 1 is 1.23 bits per heavy atom. The molecular formula is C22H34O4. The number of hydrogen-bond acceptors (Lipinski definition) is 4. The van der Waals surface area contributed by atoms with Crippen LogP contribution in [0.15, 0.2) is 23.3 Å². The highest BCUT2D eigenvalue weighted by molar-refractivity contribution is 5.82. The monoisotopic (exact) mass is 362 g/mol. The molecule has 0 unspecified atom stereocenters. The highest BCUT2D eigenvalue weighted by Gasteiger charge is 2.52. The van der Waals surface area contributed by atoms with Gasteiger partial charge in [-0.2, -0.15) is 0 Å². The number of allylic oxidation sites excluding steroid dienone is 3. The molecule has 0 N–H and O–H groups in total. The summed E-state index contributed by atoms with van der Waals surface area (Å²) in [6.45, 7) is 8.72. The van der Waals surface area contributed by atoms with Gasteiger partial charge in [-0.3, -0.25) is 4.79 Å². The number of hydrogen-bond donors (Lipinski definition) is 0. The Balaban J connectivity index is 2.27. The van der Waals surface area contributed by atoms with Gasteiger partial charge in [0.1, 0.15) is 0 Å². The SMILES string of the molecule is COC(=O)/C=C(\C)CC[C@]1(C)C2=CCC[C@](C)(C(=O)OC)[C@H]2CC[C@H]1C. The van der Waals surface area contributed by atoms with Crippen LogP contribution in [0.2, 0.25) is 0 Å². The van der Waals surface area contributed by atoms with Gasteiger partial charge < -0.3 is 9.47 Å². The fourth-order valence-electron chi connectivity index (χ4n) is 4.97. The largest absolute Gasteiger partial charge is 0.469 e. The summed E-state index contributed by atoms with van der Waals surface area (Å²) in [5, 5.41) is 0. The maximum Gasteiger partial charge on any atom is 0.330 e. The Morgan fingerprint density at radius 2 is 1.92 bits per heavy atom. The van der Waals surface area contributed by atoms with Crippen LogP contribution >= 0.6 is 0 Å². The molecule has 0 amide bonds. The summed E-state index contributed by atoms with van der Waals surface area (Å²) in [5.41, 5.74) is 2.10. The van der Waals surface area contributed by atoms with Crippen LogP contribution in [0, 0.1) is 22.7 Å². The van der Waals surface area contributed by atoms with Gasteiger partial charge in [-0.15, -0.1) is 0 Å². The highest BCUT2D eigenvalue weighted by atomic mass is 16.5. The third-order valence-corrected chi connectivity index (χ3v) is 7.06. The first-order valence-electron chi connectivity index (χ1n) is 9.73. The van der Waals surface area contributed by atoms with Crippen LogP contribution in [0.1, 0.15) is 66.2 Å². The molecule has 146 valence electrons. The quantitative estimate of drug-likeness (QED) is 0.399. The molecule has 1 saturated carbocycles. The predicted octanol–water partition coefficient (Wildman–Crippen LogP) is 4.84. The molecular weight excluding hydrogens is 328 g/mol. The van der Waals surface area contributed by atoms with Crippen molar-refractivity contribution in [1.82, 2.24) is 0 Å². The average molecular weight is 363 g/mol. The summed E-state index contributed by atoms with van der Waals surface area (Å²) >= 11 is 0. The lowest BCUT2D eigenvalue weighted by Crippen LogP contribution is -2.47. The third-order valence-electron chi connectivity index (χ3n) is 7.06. The standard InChI is InChI=1S/C22H34O4/c1-15(14-19(23)25-5)11-13-21(3)16(2)9-10-18-17(21)8-7-12-22(18,4)20(24)26-6/h8,14,16,18H,7,9-13H2,1-6H3/b15-14+/t16-,18+,21+,22+/m1/s1. The minimum atomic E-state index is -0.420. The number of carbonyl (C=O) groups excluding carboxylic acids is 2. The number of rotatable bonds is 5. The van der Waals surface area contributed by atoms with Crippen molar-refractivity contribution in [3.63, 3.8) is 0 Å². The van der Waals surface area contributed by atoms with Crippen molar-refractivity contribution in [2.45, 2.75) is 66.2 Å². The normalized spacial score (nSPS) is 34.5. The minimum Gasteiger partial charge on any atom is -0.469 e. The summed E-state index contributed by atoms with van der Waals surface area (Å²) < 4.78 is 9.90. The van der Waals surface area contributed by atoms with E-state index in [1.807, 2.05) is 6.92 Å². The molecule has 4 atom stereocenters. The fraction of sp³-hybridized carbons (Fsp3) is 0.727. The topological polar surface area (TPSA) is 52.6 Å². The fourth-order valence-corrected chi connectivity index (χ4v) is 4.97. The van der Waals surface area contributed by atoms with Crippen LogP contribution in [0.4, 0.5) is 0 Å². The first kappa shape index (κ1) is 20.7. The van der Waals surface area contributed by atoms with Crippen molar-refractivity contribution >= 4 is 11.9 Å². The molecule has 4 heteroatoms. The van der Waals surface area contributed by atoms with Crippen molar-refractivity contribution in [1.29, 1.82) is 0 Å². The van der Waals surface area contributed by atoms with Gasteiger partial charge in [0.05, 0.1) is 19.6 Å². The van der Waals surface area contributed by atoms with Crippen molar-refractivity contribution in [3.8, 4) is 0 Å². The zero-order chi connectivity index (χ0) is 19.5. The lowest BCUT2D eigenvalue weighted by Gasteiger charge is -2.53. The van der Waals surface area contributed by atoms with E-state index in [-0.39, 0.29) is 23.3 Å². The summed E-state index contributed by atoms with van der Waals surface area (Å²) in [5.74, 6) is 0.440. The molecule has 2 rings (SSSR count). The third kappa shape index (κ3) is 3.74. The van der Waals surface area contributed by atoms with Gasteiger partial charge in [0.15, 0.2) is 0 Å². The molecule has 26 heavy (non-hydrogen) atoms. The molecule has 1 fully saturated rings. The first-order valence-corrected chi connectivity index (χ1v) is 9.73. The Hall–Kier alpha value is -1.58. The lowest BCUT2D eigenvalue weighted by atomic mass is 9.51.